The minimum atomic E-state index is -0.874. The number of hydrogen-bond acceptors (Lipinski definition) is 6. The quantitative estimate of drug-likeness (QED) is 0.503. The van der Waals surface area contributed by atoms with Gasteiger partial charge in [-0.1, -0.05) is 11.8 Å². The Balaban J connectivity index is 1.98. The van der Waals surface area contributed by atoms with Gasteiger partial charge >= 0.3 is 0 Å². The normalized spacial score (nSPS) is 12.2. The smallest absolute Gasteiger partial charge is 0.243 e. The fourth-order valence-electron chi connectivity index (χ4n) is 2.28. The van der Waals surface area contributed by atoms with Crippen LogP contribution in [0.25, 0.3) is 17.0 Å². The summed E-state index contributed by atoms with van der Waals surface area (Å²) in [6.45, 7) is 1.38. The fourth-order valence-corrected chi connectivity index (χ4v) is 3.27. The molecule has 1 amide bonds. The Morgan fingerprint density at radius 2 is 1.81 bits per heavy atom. The molecule has 0 aliphatic carbocycles. The summed E-state index contributed by atoms with van der Waals surface area (Å²) in [5.41, 5.74) is 1.16. The molecular formula is C17H16FN5O2S. The first-order chi connectivity index (χ1) is 12.4. The summed E-state index contributed by atoms with van der Waals surface area (Å²) in [6, 6.07) is 9.21. The maximum absolute atomic E-state index is 13.1. The number of carbonyl (C=O) groups excluding carboxylic acids is 2. The summed E-state index contributed by atoms with van der Waals surface area (Å²) >= 11 is 1.07. The van der Waals surface area contributed by atoms with Crippen LogP contribution in [0.3, 0.4) is 0 Å². The van der Waals surface area contributed by atoms with Gasteiger partial charge in [-0.05, 0) is 43.3 Å². The SMILES string of the molecule is CC(=O)[C@@H](Sc1ccc2nnc(-c3ccc(F)cc3)n2n1)C(=O)N(C)C. The summed E-state index contributed by atoms with van der Waals surface area (Å²) in [6.07, 6.45) is 0. The van der Waals surface area contributed by atoms with E-state index in [1.807, 2.05) is 0 Å². The van der Waals surface area contributed by atoms with Crippen molar-refractivity contribution in [2.24, 2.45) is 0 Å². The second-order valence-electron chi connectivity index (χ2n) is 5.81. The molecule has 7 nitrogen and oxygen atoms in total. The second-order valence-corrected chi connectivity index (χ2v) is 6.94. The average Bonchev–Trinajstić information content (AvgIpc) is 3.02. The van der Waals surface area contributed by atoms with Gasteiger partial charge in [-0.15, -0.1) is 10.2 Å². The topological polar surface area (TPSA) is 80.5 Å². The Kier molecular flexibility index (Phi) is 4.99. The standard InChI is InChI=1S/C17H16FN5O2S/c1-10(24)15(17(25)22(2)3)26-14-9-8-13-19-20-16(23(13)21-14)11-4-6-12(18)7-5-11/h4-9,15H,1-3H3/t15-/m1/s1. The highest BCUT2D eigenvalue weighted by Crippen LogP contribution is 2.25. The molecule has 0 bridgehead atoms. The zero-order valence-electron chi connectivity index (χ0n) is 14.4. The lowest BCUT2D eigenvalue weighted by molar-refractivity contribution is -0.132. The number of rotatable bonds is 5. The number of aromatic nitrogens is 4. The molecule has 0 aliphatic rings. The lowest BCUT2D eigenvalue weighted by atomic mass is 10.2. The van der Waals surface area contributed by atoms with Crippen LogP contribution in [-0.2, 0) is 9.59 Å². The number of amides is 1. The van der Waals surface area contributed by atoms with Gasteiger partial charge in [0.1, 0.15) is 16.1 Å². The van der Waals surface area contributed by atoms with Crippen LogP contribution in [0.15, 0.2) is 41.4 Å². The summed E-state index contributed by atoms with van der Waals surface area (Å²) in [7, 11) is 3.20. The number of Topliss-reactive ketones (excluding diaryl/α,β-unsaturated/α-hetero) is 1. The second kappa shape index (κ2) is 7.20. The largest absolute Gasteiger partial charge is 0.347 e. The minimum absolute atomic E-state index is 0.252. The van der Waals surface area contributed by atoms with E-state index in [0.717, 1.165) is 11.8 Å². The zero-order chi connectivity index (χ0) is 18.8. The third-order valence-corrected chi connectivity index (χ3v) is 4.84. The lowest BCUT2D eigenvalue weighted by Crippen LogP contribution is -2.36. The van der Waals surface area contributed by atoms with E-state index in [1.165, 1.54) is 28.5 Å². The van der Waals surface area contributed by atoms with Gasteiger partial charge in [-0.25, -0.2) is 4.39 Å². The molecule has 134 valence electrons. The predicted molar refractivity (Wildman–Crippen MR) is 95.2 cm³/mol. The molecule has 26 heavy (non-hydrogen) atoms. The van der Waals surface area contributed by atoms with E-state index in [2.05, 4.69) is 15.3 Å². The van der Waals surface area contributed by atoms with Crippen molar-refractivity contribution in [3.05, 3.63) is 42.2 Å². The highest BCUT2D eigenvalue weighted by atomic mass is 32.2. The van der Waals surface area contributed by atoms with Gasteiger partial charge in [0.15, 0.2) is 17.3 Å². The van der Waals surface area contributed by atoms with Crippen molar-refractivity contribution in [3.8, 4) is 11.4 Å². The van der Waals surface area contributed by atoms with E-state index < -0.39 is 5.25 Å². The number of fused-ring (bicyclic) bond motifs is 1. The first-order valence-electron chi connectivity index (χ1n) is 7.73. The molecule has 0 fully saturated rings. The third-order valence-electron chi connectivity index (χ3n) is 3.61. The molecule has 2 aromatic heterocycles. The Hall–Kier alpha value is -2.81. The first-order valence-corrected chi connectivity index (χ1v) is 8.61. The van der Waals surface area contributed by atoms with Crippen LogP contribution in [0.1, 0.15) is 6.92 Å². The van der Waals surface area contributed by atoms with E-state index in [9.17, 15) is 14.0 Å². The van der Waals surface area contributed by atoms with Crippen LogP contribution in [0.2, 0.25) is 0 Å². The Labute approximate surface area is 153 Å². The van der Waals surface area contributed by atoms with Crippen LogP contribution in [0.4, 0.5) is 4.39 Å². The maximum atomic E-state index is 13.1. The molecule has 1 atom stereocenters. The zero-order valence-corrected chi connectivity index (χ0v) is 15.2. The molecule has 3 aromatic rings. The van der Waals surface area contributed by atoms with Crippen molar-refractivity contribution in [2.75, 3.05) is 14.1 Å². The van der Waals surface area contributed by atoms with E-state index >= 15 is 0 Å². The first kappa shape index (κ1) is 18.0. The van der Waals surface area contributed by atoms with Gasteiger partial charge in [0.2, 0.25) is 5.91 Å². The average molecular weight is 373 g/mol. The molecule has 3 rings (SSSR count). The number of ketones is 1. The number of halogens is 1. The van der Waals surface area contributed by atoms with E-state index in [4.69, 9.17) is 0 Å². The van der Waals surface area contributed by atoms with Crippen LogP contribution < -0.4 is 0 Å². The van der Waals surface area contributed by atoms with Gasteiger partial charge in [0.05, 0.1) is 0 Å². The van der Waals surface area contributed by atoms with E-state index in [1.54, 1.807) is 38.4 Å². The highest BCUT2D eigenvalue weighted by molar-refractivity contribution is 8.01. The maximum Gasteiger partial charge on any atom is 0.243 e. The number of thioether (sulfide) groups is 1. The summed E-state index contributed by atoms with van der Waals surface area (Å²) in [5, 5.41) is 12.2. The van der Waals surface area contributed by atoms with Gasteiger partial charge < -0.3 is 4.90 Å². The molecule has 2 heterocycles. The summed E-state index contributed by atoms with van der Waals surface area (Å²) in [5.74, 6) is -0.455. The number of hydrogen-bond donors (Lipinski definition) is 0. The molecule has 0 N–H and O–H groups in total. The molecule has 0 aliphatic heterocycles. The molecule has 9 heteroatoms. The van der Waals surface area contributed by atoms with Crippen molar-refractivity contribution >= 4 is 29.1 Å². The van der Waals surface area contributed by atoms with Crippen molar-refractivity contribution in [2.45, 2.75) is 17.2 Å². The molecule has 1 aromatic carbocycles. The van der Waals surface area contributed by atoms with Crippen molar-refractivity contribution < 1.29 is 14.0 Å². The molecule has 0 saturated heterocycles. The van der Waals surface area contributed by atoms with Crippen LogP contribution in [0.5, 0.6) is 0 Å². The minimum Gasteiger partial charge on any atom is -0.347 e. The fraction of sp³-hybridized carbons (Fsp3) is 0.235. The molecule has 0 radical (unpaired) electrons. The van der Waals surface area contributed by atoms with Crippen LogP contribution in [0, 0.1) is 5.82 Å². The van der Waals surface area contributed by atoms with Crippen LogP contribution in [-0.4, -0.2) is 55.7 Å². The van der Waals surface area contributed by atoms with E-state index in [-0.39, 0.29) is 17.5 Å². The Morgan fingerprint density at radius 3 is 2.42 bits per heavy atom. The third kappa shape index (κ3) is 3.57. The van der Waals surface area contributed by atoms with Crippen molar-refractivity contribution in [1.29, 1.82) is 0 Å². The Morgan fingerprint density at radius 1 is 1.12 bits per heavy atom. The Bertz CT molecular complexity index is 971. The van der Waals surface area contributed by atoms with Crippen LogP contribution >= 0.6 is 11.8 Å². The number of nitrogens with zero attached hydrogens (tertiary/aromatic N) is 5. The number of benzene rings is 1. The highest BCUT2D eigenvalue weighted by Gasteiger charge is 2.27. The van der Waals surface area contributed by atoms with Gasteiger partial charge in [0.25, 0.3) is 0 Å². The molecule has 0 saturated carbocycles. The van der Waals surface area contributed by atoms with Gasteiger partial charge in [-0.2, -0.15) is 9.61 Å². The lowest BCUT2D eigenvalue weighted by Gasteiger charge is -2.17. The van der Waals surface area contributed by atoms with E-state index in [0.29, 0.717) is 22.1 Å². The summed E-state index contributed by atoms with van der Waals surface area (Å²) in [4.78, 5) is 25.5. The number of carbonyl (C=O) groups is 2. The van der Waals surface area contributed by atoms with Crippen molar-refractivity contribution in [1.82, 2.24) is 24.7 Å². The molecule has 0 unspecified atom stereocenters. The molecular weight excluding hydrogens is 357 g/mol. The summed E-state index contributed by atoms with van der Waals surface area (Å²) < 4.78 is 14.6. The van der Waals surface area contributed by atoms with Gasteiger partial charge in [0, 0.05) is 19.7 Å². The monoisotopic (exact) mass is 373 g/mol. The molecule has 0 spiro atoms. The van der Waals surface area contributed by atoms with Gasteiger partial charge in [-0.3, -0.25) is 9.59 Å². The van der Waals surface area contributed by atoms with Crippen molar-refractivity contribution in [3.63, 3.8) is 0 Å². The predicted octanol–water partition coefficient (Wildman–Crippen LogP) is 2.07.